The Kier molecular flexibility index (Phi) is 6.59. The van der Waals surface area contributed by atoms with Gasteiger partial charge in [0.15, 0.2) is 5.82 Å². The van der Waals surface area contributed by atoms with E-state index in [-0.39, 0.29) is 0 Å². The maximum absolute atomic E-state index is 5.56. The lowest BCUT2D eigenvalue weighted by atomic mass is 9.93. The van der Waals surface area contributed by atoms with Gasteiger partial charge in [-0.15, -0.1) is 0 Å². The fourth-order valence-electron chi connectivity index (χ4n) is 4.05. The quantitative estimate of drug-likeness (QED) is 0.558. The van der Waals surface area contributed by atoms with Gasteiger partial charge in [0.1, 0.15) is 11.5 Å². The molecule has 3 aromatic rings. The standard InChI is InChI=1S/C23H28N4O3/c1-28-20-9-8-19(21(13-20)29-2)16-27-12-4-5-17(15-27)7-10-22-25-23(30-26-22)18-6-3-11-24-14-18/h3,6,8-9,11,13-14,17H,4-5,7,10,12,15-16H2,1-2H3. The third-order valence-corrected chi connectivity index (χ3v) is 5.64. The van der Waals surface area contributed by atoms with Crippen LogP contribution in [0.3, 0.4) is 0 Å². The van der Waals surface area contributed by atoms with Crippen LogP contribution >= 0.6 is 0 Å². The van der Waals surface area contributed by atoms with E-state index in [0.717, 1.165) is 55.4 Å². The Morgan fingerprint density at radius 3 is 2.93 bits per heavy atom. The molecule has 0 amide bonds. The normalized spacial score (nSPS) is 17.1. The molecule has 7 heteroatoms. The molecule has 1 aliphatic heterocycles. The highest BCUT2D eigenvalue weighted by Crippen LogP contribution is 2.28. The average Bonchev–Trinajstić information content (AvgIpc) is 3.28. The van der Waals surface area contributed by atoms with Crippen molar-refractivity contribution >= 4 is 0 Å². The van der Waals surface area contributed by atoms with E-state index in [1.54, 1.807) is 26.6 Å². The highest BCUT2D eigenvalue weighted by atomic mass is 16.5. The first kappa shape index (κ1) is 20.3. The van der Waals surface area contributed by atoms with E-state index < -0.39 is 0 Å². The summed E-state index contributed by atoms with van der Waals surface area (Å²) in [4.78, 5) is 11.1. The molecule has 0 saturated carbocycles. The van der Waals surface area contributed by atoms with Gasteiger partial charge in [-0.3, -0.25) is 9.88 Å². The number of methoxy groups -OCH3 is 2. The van der Waals surface area contributed by atoms with Crippen LogP contribution in [-0.4, -0.2) is 47.3 Å². The fraction of sp³-hybridized carbons (Fsp3) is 0.435. The molecule has 0 radical (unpaired) electrons. The first-order valence-electron chi connectivity index (χ1n) is 10.4. The molecule has 0 spiro atoms. The third kappa shape index (κ3) is 4.97. The molecule has 1 saturated heterocycles. The number of aromatic nitrogens is 3. The molecule has 1 aromatic carbocycles. The summed E-state index contributed by atoms with van der Waals surface area (Å²) in [6.07, 6.45) is 7.80. The Balaban J connectivity index is 1.32. The molecule has 158 valence electrons. The molecular formula is C23H28N4O3. The maximum atomic E-state index is 5.56. The summed E-state index contributed by atoms with van der Waals surface area (Å²) in [5, 5.41) is 4.15. The number of benzene rings is 1. The van der Waals surface area contributed by atoms with E-state index >= 15 is 0 Å². The van der Waals surface area contributed by atoms with Crippen molar-refractivity contribution in [1.82, 2.24) is 20.0 Å². The molecule has 3 heterocycles. The van der Waals surface area contributed by atoms with Gasteiger partial charge >= 0.3 is 0 Å². The largest absolute Gasteiger partial charge is 0.497 e. The molecule has 1 unspecified atom stereocenters. The second-order valence-corrected chi connectivity index (χ2v) is 7.72. The van der Waals surface area contributed by atoms with E-state index in [1.165, 1.54) is 18.4 Å². The second-order valence-electron chi connectivity index (χ2n) is 7.72. The first-order chi connectivity index (χ1) is 14.7. The van der Waals surface area contributed by atoms with Crippen molar-refractivity contribution in [3.05, 3.63) is 54.1 Å². The zero-order valence-electron chi connectivity index (χ0n) is 17.6. The minimum Gasteiger partial charge on any atom is -0.497 e. The van der Waals surface area contributed by atoms with Gasteiger partial charge in [0, 0.05) is 43.5 Å². The minimum absolute atomic E-state index is 0.537. The molecule has 0 aliphatic carbocycles. The Bertz CT molecular complexity index is 945. The minimum atomic E-state index is 0.537. The van der Waals surface area contributed by atoms with Gasteiger partial charge < -0.3 is 14.0 Å². The Morgan fingerprint density at radius 2 is 2.13 bits per heavy atom. The van der Waals surface area contributed by atoms with Crippen molar-refractivity contribution < 1.29 is 14.0 Å². The van der Waals surface area contributed by atoms with Crippen molar-refractivity contribution in [2.24, 2.45) is 5.92 Å². The number of hydrogen-bond donors (Lipinski definition) is 0. The smallest absolute Gasteiger partial charge is 0.259 e. The van der Waals surface area contributed by atoms with Gasteiger partial charge in [0.25, 0.3) is 5.89 Å². The maximum Gasteiger partial charge on any atom is 0.259 e. The lowest BCUT2D eigenvalue weighted by Gasteiger charge is -2.33. The van der Waals surface area contributed by atoms with Crippen LogP contribution in [0.4, 0.5) is 0 Å². The number of hydrogen-bond acceptors (Lipinski definition) is 7. The summed E-state index contributed by atoms with van der Waals surface area (Å²) in [6.45, 7) is 3.07. The zero-order chi connectivity index (χ0) is 20.8. The summed E-state index contributed by atoms with van der Waals surface area (Å²) in [7, 11) is 3.38. The second kappa shape index (κ2) is 9.71. The van der Waals surface area contributed by atoms with Crippen LogP contribution < -0.4 is 9.47 Å². The Labute approximate surface area is 177 Å². The first-order valence-corrected chi connectivity index (χ1v) is 10.4. The zero-order valence-corrected chi connectivity index (χ0v) is 17.6. The molecule has 0 bridgehead atoms. The van der Waals surface area contributed by atoms with Crippen LogP contribution in [0.5, 0.6) is 11.5 Å². The summed E-state index contributed by atoms with van der Waals surface area (Å²) in [6, 6.07) is 9.84. The molecule has 0 N–H and O–H groups in total. The molecule has 30 heavy (non-hydrogen) atoms. The lowest BCUT2D eigenvalue weighted by Crippen LogP contribution is -2.35. The molecule has 2 aromatic heterocycles. The number of likely N-dealkylation sites (tertiary alicyclic amines) is 1. The van der Waals surface area contributed by atoms with E-state index in [4.69, 9.17) is 14.0 Å². The van der Waals surface area contributed by atoms with Crippen LogP contribution in [0.1, 0.15) is 30.7 Å². The molecule has 1 aliphatic rings. The predicted molar refractivity (Wildman–Crippen MR) is 113 cm³/mol. The van der Waals surface area contributed by atoms with Gasteiger partial charge in [0.05, 0.1) is 19.8 Å². The van der Waals surface area contributed by atoms with Crippen LogP contribution in [-0.2, 0) is 13.0 Å². The van der Waals surface area contributed by atoms with Gasteiger partial charge in [-0.05, 0) is 49.9 Å². The monoisotopic (exact) mass is 408 g/mol. The molecule has 1 atom stereocenters. The third-order valence-electron chi connectivity index (χ3n) is 5.64. The van der Waals surface area contributed by atoms with Crippen molar-refractivity contribution in [2.45, 2.75) is 32.2 Å². The summed E-state index contributed by atoms with van der Waals surface area (Å²) in [5.74, 6) is 3.63. The van der Waals surface area contributed by atoms with Crippen LogP contribution in [0.15, 0.2) is 47.2 Å². The fourth-order valence-corrected chi connectivity index (χ4v) is 4.05. The van der Waals surface area contributed by atoms with Crippen molar-refractivity contribution in [3.63, 3.8) is 0 Å². The van der Waals surface area contributed by atoms with E-state index in [2.05, 4.69) is 26.1 Å². The molecular weight excluding hydrogens is 380 g/mol. The van der Waals surface area contributed by atoms with Crippen LogP contribution in [0.2, 0.25) is 0 Å². The molecule has 1 fully saturated rings. The number of rotatable bonds is 8. The highest BCUT2D eigenvalue weighted by Gasteiger charge is 2.22. The predicted octanol–water partition coefficient (Wildman–Crippen LogP) is 3.99. The number of piperidine rings is 1. The van der Waals surface area contributed by atoms with Gasteiger partial charge in [-0.1, -0.05) is 11.2 Å². The number of pyridine rings is 1. The number of nitrogens with zero attached hydrogens (tertiary/aromatic N) is 4. The van der Waals surface area contributed by atoms with Gasteiger partial charge in [-0.25, -0.2) is 0 Å². The average molecular weight is 409 g/mol. The summed E-state index contributed by atoms with van der Waals surface area (Å²) >= 11 is 0. The van der Waals surface area contributed by atoms with Gasteiger partial charge in [0.2, 0.25) is 0 Å². The number of aryl methyl sites for hydroxylation is 1. The summed E-state index contributed by atoms with van der Waals surface area (Å²) < 4.78 is 16.3. The van der Waals surface area contributed by atoms with E-state index in [0.29, 0.717) is 11.8 Å². The summed E-state index contributed by atoms with van der Waals surface area (Å²) in [5.41, 5.74) is 2.05. The highest BCUT2D eigenvalue weighted by molar-refractivity contribution is 5.50. The van der Waals surface area contributed by atoms with Crippen LogP contribution in [0, 0.1) is 5.92 Å². The van der Waals surface area contributed by atoms with E-state index in [9.17, 15) is 0 Å². The topological polar surface area (TPSA) is 73.5 Å². The molecule has 7 nitrogen and oxygen atoms in total. The Hall–Kier alpha value is -2.93. The van der Waals surface area contributed by atoms with E-state index in [1.807, 2.05) is 24.3 Å². The lowest BCUT2D eigenvalue weighted by molar-refractivity contribution is 0.160. The van der Waals surface area contributed by atoms with Crippen molar-refractivity contribution in [2.75, 3.05) is 27.3 Å². The SMILES string of the molecule is COc1ccc(CN2CCCC(CCc3noc(-c4cccnc4)n3)C2)c(OC)c1. The molecule has 4 rings (SSSR count). The van der Waals surface area contributed by atoms with Crippen molar-refractivity contribution in [1.29, 1.82) is 0 Å². The van der Waals surface area contributed by atoms with Crippen LogP contribution in [0.25, 0.3) is 11.5 Å². The van der Waals surface area contributed by atoms with Crippen molar-refractivity contribution in [3.8, 4) is 23.0 Å². The van der Waals surface area contributed by atoms with Gasteiger partial charge in [-0.2, -0.15) is 4.98 Å². The Morgan fingerprint density at radius 1 is 1.20 bits per heavy atom. The number of ether oxygens (including phenoxy) is 2.